The van der Waals surface area contributed by atoms with Gasteiger partial charge in [-0.25, -0.2) is 4.98 Å². The van der Waals surface area contributed by atoms with E-state index in [1.54, 1.807) is 25.4 Å². The van der Waals surface area contributed by atoms with E-state index in [-0.39, 0.29) is 11.0 Å². The Labute approximate surface area is 157 Å². The second-order valence-corrected chi connectivity index (χ2v) is 7.36. The Morgan fingerprint density at radius 3 is 2.56 bits per heavy atom. The van der Waals surface area contributed by atoms with Gasteiger partial charge >= 0.3 is 6.18 Å². The molecule has 0 aliphatic rings. The lowest BCUT2D eigenvalue weighted by molar-refractivity contribution is -0.136. The molecule has 0 radical (unpaired) electrons. The first kappa shape index (κ1) is 19.4. The standard InChI is InChI=1S/C18H19F3N4OS/c1-4-10-7-11(27(3)26)5-6-13(10)24-15-8-14(22-2)16-12(18(19,20)21)9-23-17(16)25-15/h5-9H,4H2,1-3H3,(H3,22,23,24,25). The number of rotatable bonds is 5. The Morgan fingerprint density at radius 2 is 1.96 bits per heavy atom. The van der Waals surface area contributed by atoms with Crippen LogP contribution in [0.25, 0.3) is 11.0 Å². The van der Waals surface area contributed by atoms with Crippen molar-refractivity contribution in [1.29, 1.82) is 0 Å². The van der Waals surface area contributed by atoms with Crippen LogP contribution in [0.15, 0.2) is 35.4 Å². The van der Waals surface area contributed by atoms with Crippen LogP contribution in [0.5, 0.6) is 0 Å². The third-order valence-electron chi connectivity index (χ3n) is 4.27. The van der Waals surface area contributed by atoms with Gasteiger partial charge < -0.3 is 20.2 Å². The summed E-state index contributed by atoms with van der Waals surface area (Å²) in [5.74, 6) is 0.405. The number of nitrogens with one attached hydrogen (secondary N) is 3. The normalized spacial score (nSPS) is 13.0. The summed E-state index contributed by atoms with van der Waals surface area (Å²) in [6, 6.07) is 6.95. The number of aryl methyl sites for hydroxylation is 1. The van der Waals surface area contributed by atoms with E-state index in [1.165, 1.54) is 6.07 Å². The Kier molecular flexibility index (Phi) is 5.25. The zero-order chi connectivity index (χ0) is 19.8. The van der Waals surface area contributed by atoms with E-state index >= 15 is 0 Å². The number of H-pyrrole nitrogens is 1. The number of anilines is 3. The number of aromatic nitrogens is 2. The quantitative estimate of drug-likeness (QED) is 0.548. The van der Waals surface area contributed by atoms with Gasteiger partial charge in [0.25, 0.3) is 0 Å². The largest absolute Gasteiger partial charge is 0.612 e. The van der Waals surface area contributed by atoms with Crippen molar-refractivity contribution in [1.82, 2.24) is 9.97 Å². The van der Waals surface area contributed by atoms with Crippen LogP contribution in [0.3, 0.4) is 0 Å². The molecule has 3 aromatic rings. The fourth-order valence-corrected chi connectivity index (χ4v) is 3.49. The molecule has 0 aliphatic carbocycles. The van der Waals surface area contributed by atoms with Crippen molar-refractivity contribution in [2.75, 3.05) is 23.9 Å². The maximum atomic E-state index is 13.2. The molecule has 5 nitrogen and oxygen atoms in total. The summed E-state index contributed by atoms with van der Waals surface area (Å²) in [4.78, 5) is 7.59. The number of pyridine rings is 1. The van der Waals surface area contributed by atoms with Crippen molar-refractivity contribution in [2.24, 2.45) is 0 Å². The van der Waals surface area contributed by atoms with Gasteiger partial charge in [0.15, 0.2) is 4.90 Å². The van der Waals surface area contributed by atoms with Crippen molar-refractivity contribution in [2.45, 2.75) is 24.4 Å². The predicted octanol–water partition coefficient (Wildman–Crippen LogP) is 4.67. The third-order valence-corrected chi connectivity index (χ3v) is 5.19. The number of hydrogen-bond donors (Lipinski definition) is 3. The maximum absolute atomic E-state index is 13.2. The highest BCUT2D eigenvalue weighted by molar-refractivity contribution is 7.90. The predicted molar refractivity (Wildman–Crippen MR) is 102 cm³/mol. The molecule has 144 valence electrons. The van der Waals surface area contributed by atoms with Crippen molar-refractivity contribution in [3.63, 3.8) is 0 Å². The molecule has 0 spiro atoms. The molecule has 0 saturated heterocycles. The van der Waals surface area contributed by atoms with Crippen molar-refractivity contribution < 1.29 is 17.7 Å². The average Bonchev–Trinajstić information content (AvgIpc) is 3.05. The van der Waals surface area contributed by atoms with Crippen LogP contribution >= 0.6 is 0 Å². The molecule has 1 aromatic carbocycles. The van der Waals surface area contributed by atoms with Gasteiger partial charge in [-0.05, 0) is 41.4 Å². The summed E-state index contributed by atoms with van der Waals surface area (Å²) in [7, 11) is 1.56. The summed E-state index contributed by atoms with van der Waals surface area (Å²) in [6.45, 7) is 1.97. The molecule has 2 aromatic heterocycles. The Morgan fingerprint density at radius 1 is 1.22 bits per heavy atom. The highest BCUT2D eigenvalue weighted by Crippen LogP contribution is 2.39. The second-order valence-electron chi connectivity index (χ2n) is 5.98. The van der Waals surface area contributed by atoms with Gasteiger partial charge in [0.1, 0.15) is 17.7 Å². The van der Waals surface area contributed by atoms with Gasteiger partial charge in [-0.3, -0.25) is 0 Å². The fourth-order valence-electron chi connectivity index (χ4n) is 2.92. The van der Waals surface area contributed by atoms with Crippen LogP contribution in [0.2, 0.25) is 0 Å². The van der Waals surface area contributed by atoms with Gasteiger partial charge in [-0.1, -0.05) is 6.92 Å². The minimum atomic E-state index is -4.47. The SMILES string of the molecule is CCc1cc([S+](C)[O-])ccc1Nc1cc(NC)c2c(C(F)(F)F)c[nH]c2n1. The number of alkyl halides is 3. The van der Waals surface area contributed by atoms with Crippen LogP contribution in [-0.2, 0) is 23.8 Å². The second kappa shape index (κ2) is 7.32. The molecule has 2 heterocycles. The molecule has 1 atom stereocenters. The molecule has 27 heavy (non-hydrogen) atoms. The number of nitrogens with zero attached hydrogens (tertiary/aromatic N) is 1. The van der Waals surface area contributed by atoms with E-state index in [4.69, 9.17) is 0 Å². The van der Waals surface area contributed by atoms with Gasteiger partial charge in [-0.15, -0.1) is 0 Å². The molecule has 1 unspecified atom stereocenters. The Bertz CT molecular complexity index is 969. The van der Waals surface area contributed by atoms with Gasteiger partial charge in [0.2, 0.25) is 0 Å². The molecule has 0 amide bonds. The lowest BCUT2D eigenvalue weighted by Gasteiger charge is -2.14. The van der Waals surface area contributed by atoms with Crippen LogP contribution < -0.4 is 10.6 Å². The first-order valence-electron chi connectivity index (χ1n) is 8.25. The van der Waals surface area contributed by atoms with Crippen LogP contribution in [0.4, 0.5) is 30.4 Å². The molecular formula is C18H19F3N4OS. The van der Waals surface area contributed by atoms with Crippen molar-refractivity contribution >= 4 is 39.4 Å². The molecule has 9 heteroatoms. The third kappa shape index (κ3) is 3.84. The van der Waals surface area contributed by atoms with Crippen LogP contribution in [-0.4, -0.2) is 27.8 Å². The lowest BCUT2D eigenvalue weighted by atomic mass is 10.1. The van der Waals surface area contributed by atoms with Crippen molar-refractivity contribution in [3.05, 3.63) is 41.6 Å². The highest BCUT2D eigenvalue weighted by Gasteiger charge is 2.35. The summed E-state index contributed by atoms with van der Waals surface area (Å²) in [5, 5.41) is 5.96. The molecule has 0 fully saturated rings. The average molecular weight is 396 g/mol. The maximum Gasteiger partial charge on any atom is 0.418 e. The molecular weight excluding hydrogens is 377 g/mol. The summed E-state index contributed by atoms with van der Waals surface area (Å²) >= 11 is -1.09. The fraction of sp³-hybridized carbons (Fsp3) is 0.278. The first-order chi connectivity index (χ1) is 12.7. The minimum Gasteiger partial charge on any atom is -0.612 e. The summed E-state index contributed by atoms with van der Waals surface area (Å²) in [5.41, 5.74) is 1.41. The monoisotopic (exact) mass is 396 g/mol. The molecule has 0 aliphatic heterocycles. The molecule has 0 bridgehead atoms. The Hall–Kier alpha value is -2.39. The van der Waals surface area contributed by atoms with Gasteiger partial charge in [0.05, 0.1) is 10.9 Å². The van der Waals surface area contributed by atoms with E-state index in [0.717, 1.165) is 22.3 Å². The van der Waals surface area contributed by atoms with E-state index in [2.05, 4.69) is 20.6 Å². The van der Waals surface area contributed by atoms with E-state index < -0.39 is 22.9 Å². The topological polar surface area (TPSA) is 75.8 Å². The number of hydrogen-bond acceptors (Lipinski definition) is 4. The number of aromatic amines is 1. The van der Waals surface area contributed by atoms with Crippen LogP contribution in [0.1, 0.15) is 18.1 Å². The zero-order valence-corrected chi connectivity index (χ0v) is 15.8. The van der Waals surface area contributed by atoms with E-state index in [9.17, 15) is 17.7 Å². The highest BCUT2D eigenvalue weighted by atomic mass is 32.2. The molecule has 3 rings (SSSR count). The van der Waals surface area contributed by atoms with Crippen LogP contribution in [0, 0.1) is 0 Å². The first-order valence-corrected chi connectivity index (χ1v) is 9.80. The van der Waals surface area contributed by atoms with E-state index in [0.29, 0.717) is 17.9 Å². The number of benzene rings is 1. The lowest BCUT2D eigenvalue weighted by Crippen LogP contribution is -2.06. The minimum absolute atomic E-state index is 0.00277. The Balaban J connectivity index is 2.04. The molecule has 3 N–H and O–H groups in total. The number of halogens is 3. The number of fused-ring (bicyclic) bond motifs is 1. The summed E-state index contributed by atoms with van der Waals surface area (Å²) in [6.07, 6.45) is -1.23. The zero-order valence-electron chi connectivity index (χ0n) is 15.0. The smallest absolute Gasteiger partial charge is 0.418 e. The van der Waals surface area contributed by atoms with Gasteiger partial charge in [-0.2, -0.15) is 13.2 Å². The summed E-state index contributed by atoms with van der Waals surface area (Å²) < 4.78 is 51.3. The van der Waals surface area contributed by atoms with E-state index in [1.807, 2.05) is 13.0 Å². The van der Waals surface area contributed by atoms with Crippen molar-refractivity contribution in [3.8, 4) is 0 Å². The van der Waals surface area contributed by atoms with Gasteiger partial charge in [0, 0.05) is 30.7 Å². The molecule has 0 saturated carbocycles.